The summed E-state index contributed by atoms with van der Waals surface area (Å²) in [4.78, 5) is 6.89. The second kappa shape index (κ2) is 7.92. The molecule has 1 aromatic carbocycles. The molecule has 0 radical (unpaired) electrons. The van der Waals surface area contributed by atoms with Crippen molar-refractivity contribution in [2.24, 2.45) is 18.9 Å². The lowest BCUT2D eigenvalue weighted by Crippen LogP contribution is -2.48. The smallest absolute Gasteiger partial charge is 0.321 e. The first kappa shape index (κ1) is 19.4. The van der Waals surface area contributed by atoms with E-state index in [0.717, 1.165) is 18.8 Å². The van der Waals surface area contributed by atoms with Gasteiger partial charge < -0.3 is 15.0 Å². The van der Waals surface area contributed by atoms with Crippen LogP contribution in [0.25, 0.3) is 0 Å². The molecule has 30 heavy (non-hydrogen) atoms. The Balaban J connectivity index is 1.28. The number of aryl methyl sites for hydroxylation is 1. The van der Waals surface area contributed by atoms with Gasteiger partial charge in [-0.3, -0.25) is 0 Å². The maximum absolute atomic E-state index is 6.03. The van der Waals surface area contributed by atoms with Gasteiger partial charge in [0.1, 0.15) is 5.75 Å². The zero-order valence-electron chi connectivity index (χ0n) is 16.4. The van der Waals surface area contributed by atoms with E-state index in [2.05, 4.69) is 30.5 Å². The third-order valence-electron chi connectivity index (χ3n) is 5.83. The van der Waals surface area contributed by atoms with Crippen molar-refractivity contribution in [3.8, 4) is 11.8 Å². The number of benzene rings is 1. The second-order valence-electron chi connectivity index (χ2n) is 7.81. The van der Waals surface area contributed by atoms with Gasteiger partial charge in [0.25, 0.3) is 0 Å². The van der Waals surface area contributed by atoms with Crippen molar-refractivity contribution in [3.63, 3.8) is 0 Å². The lowest BCUT2D eigenvalue weighted by Gasteiger charge is -2.39. The predicted octanol–water partition coefficient (Wildman–Crippen LogP) is 4.03. The van der Waals surface area contributed by atoms with Crippen LogP contribution in [0.4, 0.5) is 11.6 Å². The van der Waals surface area contributed by atoms with Gasteiger partial charge >= 0.3 is 6.01 Å². The standard InChI is InChI=1S/C20H21Cl2N7O/c1-28-20(30-16-4-2-3-14(21)7-16)25-19(27-28)24-18-12-5-6-13(18)11-29(10-12)15-8-17(22)26-23-9-15/h2-4,7-9,12-13,18H,5-6,10-11H2,1H3,(H,24,27). The van der Waals surface area contributed by atoms with E-state index in [9.17, 15) is 0 Å². The molecule has 156 valence electrons. The Labute approximate surface area is 184 Å². The number of piperidine rings is 1. The molecule has 1 saturated carbocycles. The molecule has 3 heterocycles. The first-order valence-electron chi connectivity index (χ1n) is 9.89. The van der Waals surface area contributed by atoms with Crippen LogP contribution >= 0.6 is 23.2 Å². The van der Waals surface area contributed by atoms with Gasteiger partial charge in [-0.1, -0.05) is 29.3 Å². The minimum atomic E-state index is 0.327. The van der Waals surface area contributed by atoms with Crippen molar-refractivity contribution in [2.75, 3.05) is 23.3 Å². The lowest BCUT2D eigenvalue weighted by molar-refractivity contribution is 0.376. The van der Waals surface area contributed by atoms with Crippen molar-refractivity contribution in [2.45, 2.75) is 18.9 Å². The molecule has 1 N–H and O–H groups in total. The molecule has 10 heteroatoms. The van der Waals surface area contributed by atoms with Crippen molar-refractivity contribution >= 4 is 34.8 Å². The fraction of sp³-hybridized carbons (Fsp3) is 0.400. The predicted molar refractivity (Wildman–Crippen MR) is 115 cm³/mol. The van der Waals surface area contributed by atoms with Crippen LogP contribution in [-0.4, -0.2) is 44.1 Å². The van der Waals surface area contributed by atoms with Crippen LogP contribution in [-0.2, 0) is 7.05 Å². The summed E-state index contributed by atoms with van der Waals surface area (Å²) in [5.41, 5.74) is 1.03. The maximum Gasteiger partial charge on any atom is 0.321 e. The highest BCUT2D eigenvalue weighted by Crippen LogP contribution is 2.40. The first-order valence-corrected chi connectivity index (χ1v) is 10.6. The number of ether oxygens (including phenoxy) is 1. The molecule has 2 bridgehead atoms. The molecule has 1 aliphatic carbocycles. The number of hydrogen-bond donors (Lipinski definition) is 1. The Morgan fingerprint density at radius 2 is 1.93 bits per heavy atom. The van der Waals surface area contributed by atoms with Crippen molar-refractivity contribution < 1.29 is 4.74 Å². The largest absolute Gasteiger partial charge is 0.424 e. The summed E-state index contributed by atoms with van der Waals surface area (Å²) < 4.78 is 7.48. The Morgan fingerprint density at radius 3 is 2.67 bits per heavy atom. The number of halogens is 2. The third-order valence-corrected chi connectivity index (χ3v) is 6.25. The average Bonchev–Trinajstić information content (AvgIpc) is 3.16. The van der Waals surface area contributed by atoms with Crippen LogP contribution in [0, 0.1) is 11.8 Å². The van der Waals surface area contributed by atoms with E-state index in [1.165, 1.54) is 12.8 Å². The Hall–Kier alpha value is -2.58. The molecule has 2 aromatic heterocycles. The van der Waals surface area contributed by atoms with Crippen molar-refractivity contribution in [1.82, 2.24) is 25.0 Å². The summed E-state index contributed by atoms with van der Waals surface area (Å²) in [5, 5.41) is 16.9. The number of fused-ring (bicyclic) bond motifs is 2. The minimum absolute atomic E-state index is 0.327. The first-order chi connectivity index (χ1) is 14.5. The summed E-state index contributed by atoms with van der Waals surface area (Å²) >= 11 is 12.1. The van der Waals surface area contributed by atoms with E-state index in [1.807, 2.05) is 25.2 Å². The highest BCUT2D eigenvalue weighted by molar-refractivity contribution is 6.30. The number of aromatic nitrogens is 5. The Morgan fingerprint density at radius 1 is 1.13 bits per heavy atom. The number of nitrogens with zero attached hydrogens (tertiary/aromatic N) is 6. The highest BCUT2D eigenvalue weighted by atomic mass is 35.5. The quantitative estimate of drug-likeness (QED) is 0.634. The van der Waals surface area contributed by atoms with Gasteiger partial charge in [-0.2, -0.15) is 10.1 Å². The minimum Gasteiger partial charge on any atom is -0.424 e. The molecule has 0 amide bonds. The molecule has 3 aromatic rings. The summed E-state index contributed by atoms with van der Waals surface area (Å²) in [7, 11) is 1.81. The molecular weight excluding hydrogens is 425 g/mol. The van der Waals surface area contributed by atoms with E-state index in [0.29, 0.717) is 45.8 Å². The number of nitrogens with one attached hydrogen (secondary N) is 1. The normalized spacial score (nSPS) is 22.9. The van der Waals surface area contributed by atoms with E-state index in [1.54, 1.807) is 23.0 Å². The van der Waals surface area contributed by atoms with E-state index < -0.39 is 0 Å². The lowest BCUT2D eigenvalue weighted by atomic mass is 9.92. The molecule has 2 atom stereocenters. The van der Waals surface area contributed by atoms with Crippen LogP contribution in [0.3, 0.4) is 0 Å². The molecule has 8 nitrogen and oxygen atoms in total. The summed E-state index contributed by atoms with van der Waals surface area (Å²) in [6.07, 6.45) is 4.12. The summed E-state index contributed by atoms with van der Waals surface area (Å²) in [5.74, 6) is 2.20. The highest BCUT2D eigenvalue weighted by Gasteiger charge is 2.42. The summed E-state index contributed by atoms with van der Waals surface area (Å²) in [6.45, 7) is 1.88. The Kier molecular flexibility index (Phi) is 5.12. The fourth-order valence-electron chi connectivity index (χ4n) is 4.48. The molecule has 0 spiro atoms. The molecular formula is C20H21Cl2N7O. The third kappa shape index (κ3) is 3.89. The maximum atomic E-state index is 6.03. The van der Waals surface area contributed by atoms with Gasteiger partial charge in [0.15, 0.2) is 5.15 Å². The zero-order chi connectivity index (χ0) is 20.7. The van der Waals surface area contributed by atoms with Crippen LogP contribution < -0.4 is 15.0 Å². The van der Waals surface area contributed by atoms with E-state index >= 15 is 0 Å². The SMILES string of the molecule is Cn1nc(NC2C3CCC2CN(c2cnnc(Cl)c2)C3)nc1Oc1cccc(Cl)c1. The molecule has 1 saturated heterocycles. The number of hydrogen-bond acceptors (Lipinski definition) is 7. The zero-order valence-corrected chi connectivity index (χ0v) is 17.9. The number of rotatable bonds is 5. The molecule has 5 rings (SSSR count). The van der Waals surface area contributed by atoms with Crippen molar-refractivity contribution in [3.05, 3.63) is 46.7 Å². The topological polar surface area (TPSA) is 81.0 Å². The van der Waals surface area contributed by atoms with Crippen LogP contribution in [0.15, 0.2) is 36.5 Å². The monoisotopic (exact) mass is 445 g/mol. The van der Waals surface area contributed by atoms with Gasteiger partial charge in [0.05, 0.1) is 11.9 Å². The average molecular weight is 446 g/mol. The van der Waals surface area contributed by atoms with Gasteiger partial charge in [0, 0.05) is 37.3 Å². The molecule has 2 aliphatic rings. The summed E-state index contributed by atoms with van der Waals surface area (Å²) in [6, 6.07) is 9.85. The van der Waals surface area contributed by atoms with Gasteiger partial charge in [0.2, 0.25) is 5.95 Å². The van der Waals surface area contributed by atoms with Crippen LogP contribution in [0.2, 0.25) is 10.2 Å². The fourth-order valence-corrected chi connectivity index (χ4v) is 4.81. The molecule has 2 unspecified atom stereocenters. The number of anilines is 2. The van der Waals surface area contributed by atoms with Crippen LogP contribution in [0.1, 0.15) is 12.8 Å². The van der Waals surface area contributed by atoms with Gasteiger partial charge in [-0.15, -0.1) is 10.2 Å². The molecule has 1 aliphatic heterocycles. The van der Waals surface area contributed by atoms with E-state index in [4.69, 9.17) is 27.9 Å². The second-order valence-corrected chi connectivity index (χ2v) is 8.63. The van der Waals surface area contributed by atoms with Crippen molar-refractivity contribution in [1.29, 1.82) is 0 Å². The van der Waals surface area contributed by atoms with Gasteiger partial charge in [-0.05, 0) is 42.9 Å². The Bertz CT molecular complexity index is 1050. The van der Waals surface area contributed by atoms with Crippen LogP contribution in [0.5, 0.6) is 11.8 Å². The van der Waals surface area contributed by atoms with Gasteiger partial charge in [-0.25, -0.2) is 4.68 Å². The molecule has 2 fully saturated rings. The van der Waals surface area contributed by atoms with E-state index in [-0.39, 0.29) is 0 Å².